The van der Waals surface area contributed by atoms with Gasteiger partial charge in [0, 0.05) is 38.3 Å². The second-order valence-electron chi connectivity index (χ2n) is 6.06. The number of rotatable bonds is 2. The number of nitrogens with zero attached hydrogens (tertiary/aromatic N) is 2. The fourth-order valence-electron chi connectivity index (χ4n) is 1.84. The van der Waals surface area contributed by atoms with Gasteiger partial charge in [0.2, 0.25) is 0 Å². The van der Waals surface area contributed by atoms with Crippen LogP contribution < -0.4 is 5.73 Å². The van der Waals surface area contributed by atoms with Gasteiger partial charge in [-0.05, 0) is 19.4 Å². The molecule has 1 rings (SSSR count). The Bertz CT molecular complexity index is 198. The standard InChI is InChI=1S/C12H27N3/c1-10-8-15(7-6-14(10)5)9-11(13)12(2,3)4/h10-11H,6-9,13H2,1-5H3. The van der Waals surface area contributed by atoms with Crippen LogP contribution in [-0.2, 0) is 0 Å². The number of nitrogens with two attached hydrogens (primary N) is 1. The van der Waals surface area contributed by atoms with E-state index in [9.17, 15) is 0 Å². The maximum absolute atomic E-state index is 6.21. The molecule has 1 aliphatic heterocycles. The SMILES string of the molecule is CC1CN(CC(N)C(C)(C)C)CCN1C. The van der Waals surface area contributed by atoms with Crippen molar-refractivity contribution in [3.63, 3.8) is 0 Å². The summed E-state index contributed by atoms with van der Waals surface area (Å²) in [7, 11) is 2.20. The van der Waals surface area contributed by atoms with E-state index in [4.69, 9.17) is 5.73 Å². The zero-order chi connectivity index (χ0) is 11.6. The second kappa shape index (κ2) is 4.81. The Labute approximate surface area is 94.6 Å². The Morgan fingerprint density at radius 2 is 1.93 bits per heavy atom. The highest BCUT2D eigenvalue weighted by atomic mass is 15.3. The van der Waals surface area contributed by atoms with E-state index in [2.05, 4.69) is 44.5 Å². The molecule has 0 aliphatic carbocycles. The Hall–Kier alpha value is -0.120. The predicted octanol–water partition coefficient (Wildman–Crippen LogP) is 0.996. The van der Waals surface area contributed by atoms with E-state index in [0.29, 0.717) is 6.04 Å². The molecule has 0 aromatic carbocycles. The topological polar surface area (TPSA) is 32.5 Å². The Morgan fingerprint density at radius 3 is 2.40 bits per heavy atom. The normalized spacial score (nSPS) is 28.0. The first-order valence-electron chi connectivity index (χ1n) is 5.99. The highest BCUT2D eigenvalue weighted by molar-refractivity contribution is 4.84. The molecule has 1 saturated heterocycles. The molecule has 0 aromatic heterocycles. The zero-order valence-electron chi connectivity index (χ0n) is 11.0. The van der Waals surface area contributed by atoms with Gasteiger partial charge in [0.1, 0.15) is 0 Å². The van der Waals surface area contributed by atoms with Crippen molar-refractivity contribution in [1.82, 2.24) is 9.80 Å². The van der Waals surface area contributed by atoms with Crippen LogP contribution >= 0.6 is 0 Å². The molecule has 2 N–H and O–H groups in total. The van der Waals surface area contributed by atoms with Crippen molar-refractivity contribution in [2.45, 2.75) is 39.8 Å². The van der Waals surface area contributed by atoms with Crippen LogP contribution in [0, 0.1) is 5.41 Å². The van der Waals surface area contributed by atoms with E-state index in [1.165, 1.54) is 0 Å². The van der Waals surface area contributed by atoms with E-state index < -0.39 is 0 Å². The fraction of sp³-hybridized carbons (Fsp3) is 1.00. The molecule has 0 spiro atoms. The van der Waals surface area contributed by atoms with Crippen LogP contribution in [0.5, 0.6) is 0 Å². The second-order valence-corrected chi connectivity index (χ2v) is 6.06. The molecule has 2 atom stereocenters. The summed E-state index contributed by atoms with van der Waals surface area (Å²) in [6.45, 7) is 13.4. The summed E-state index contributed by atoms with van der Waals surface area (Å²) >= 11 is 0. The van der Waals surface area contributed by atoms with Gasteiger partial charge in [-0.3, -0.25) is 4.90 Å². The van der Waals surface area contributed by atoms with Gasteiger partial charge < -0.3 is 10.6 Å². The number of hydrogen-bond acceptors (Lipinski definition) is 3. The van der Waals surface area contributed by atoms with Crippen molar-refractivity contribution in [2.24, 2.45) is 11.1 Å². The van der Waals surface area contributed by atoms with E-state index in [1.807, 2.05) is 0 Å². The number of likely N-dealkylation sites (N-methyl/N-ethyl adjacent to an activating group) is 1. The van der Waals surface area contributed by atoms with Crippen molar-refractivity contribution in [2.75, 3.05) is 33.2 Å². The largest absolute Gasteiger partial charge is 0.326 e. The summed E-state index contributed by atoms with van der Waals surface area (Å²) in [4.78, 5) is 4.92. The van der Waals surface area contributed by atoms with Gasteiger partial charge in [-0.2, -0.15) is 0 Å². The highest BCUT2D eigenvalue weighted by Crippen LogP contribution is 2.19. The average molecular weight is 213 g/mol. The van der Waals surface area contributed by atoms with Crippen LogP contribution in [-0.4, -0.2) is 55.1 Å². The Kier molecular flexibility index (Phi) is 4.15. The lowest BCUT2D eigenvalue weighted by Gasteiger charge is -2.40. The molecule has 0 aromatic rings. The van der Waals surface area contributed by atoms with Crippen LogP contribution in [0.1, 0.15) is 27.7 Å². The minimum atomic E-state index is 0.215. The van der Waals surface area contributed by atoms with Gasteiger partial charge in [0.25, 0.3) is 0 Å². The maximum atomic E-state index is 6.21. The molecule has 1 heterocycles. The molecule has 3 heteroatoms. The van der Waals surface area contributed by atoms with Crippen molar-refractivity contribution >= 4 is 0 Å². The predicted molar refractivity (Wildman–Crippen MR) is 66.0 cm³/mol. The average Bonchev–Trinajstić information content (AvgIpc) is 2.10. The smallest absolute Gasteiger partial charge is 0.0217 e. The minimum absolute atomic E-state index is 0.215. The van der Waals surface area contributed by atoms with Gasteiger partial charge in [0.15, 0.2) is 0 Å². The molecule has 0 amide bonds. The van der Waals surface area contributed by atoms with Gasteiger partial charge >= 0.3 is 0 Å². The maximum Gasteiger partial charge on any atom is 0.0217 e. The third-order valence-electron chi connectivity index (χ3n) is 3.61. The Morgan fingerprint density at radius 1 is 1.33 bits per heavy atom. The van der Waals surface area contributed by atoms with E-state index in [0.717, 1.165) is 26.2 Å². The zero-order valence-corrected chi connectivity index (χ0v) is 11.0. The highest BCUT2D eigenvalue weighted by Gasteiger charge is 2.26. The van der Waals surface area contributed by atoms with Crippen LogP contribution in [0.4, 0.5) is 0 Å². The van der Waals surface area contributed by atoms with Crippen LogP contribution in [0.3, 0.4) is 0 Å². The van der Waals surface area contributed by atoms with Crippen molar-refractivity contribution in [3.8, 4) is 0 Å². The first kappa shape index (κ1) is 12.9. The summed E-state index contributed by atoms with van der Waals surface area (Å²) < 4.78 is 0. The summed E-state index contributed by atoms with van der Waals surface area (Å²) in [5, 5.41) is 0. The van der Waals surface area contributed by atoms with Crippen LogP contribution in [0.2, 0.25) is 0 Å². The molecule has 0 bridgehead atoms. The summed E-state index contributed by atoms with van der Waals surface area (Å²) in [6.07, 6.45) is 0. The first-order chi connectivity index (χ1) is 6.80. The molecule has 1 fully saturated rings. The third-order valence-corrected chi connectivity index (χ3v) is 3.61. The fourth-order valence-corrected chi connectivity index (χ4v) is 1.84. The van der Waals surface area contributed by atoms with E-state index >= 15 is 0 Å². The Balaban J connectivity index is 2.40. The lowest BCUT2D eigenvalue weighted by Crippen LogP contribution is -2.54. The third kappa shape index (κ3) is 3.74. The van der Waals surface area contributed by atoms with Crippen LogP contribution in [0.25, 0.3) is 0 Å². The molecule has 15 heavy (non-hydrogen) atoms. The van der Waals surface area contributed by atoms with Gasteiger partial charge in [-0.1, -0.05) is 20.8 Å². The lowest BCUT2D eigenvalue weighted by atomic mass is 9.87. The lowest BCUT2D eigenvalue weighted by molar-refractivity contribution is 0.0883. The van der Waals surface area contributed by atoms with E-state index in [-0.39, 0.29) is 11.5 Å². The molecule has 2 unspecified atom stereocenters. The molecular weight excluding hydrogens is 186 g/mol. The van der Waals surface area contributed by atoms with E-state index in [1.54, 1.807) is 0 Å². The van der Waals surface area contributed by atoms with Gasteiger partial charge in [-0.25, -0.2) is 0 Å². The van der Waals surface area contributed by atoms with Crippen molar-refractivity contribution in [3.05, 3.63) is 0 Å². The number of hydrogen-bond donors (Lipinski definition) is 1. The van der Waals surface area contributed by atoms with Gasteiger partial charge in [-0.15, -0.1) is 0 Å². The quantitative estimate of drug-likeness (QED) is 0.742. The van der Waals surface area contributed by atoms with Crippen molar-refractivity contribution in [1.29, 1.82) is 0 Å². The molecule has 3 nitrogen and oxygen atoms in total. The molecule has 0 saturated carbocycles. The van der Waals surface area contributed by atoms with Gasteiger partial charge in [0.05, 0.1) is 0 Å². The molecule has 90 valence electrons. The van der Waals surface area contributed by atoms with Crippen molar-refractivity contribution < 1.29 is 0 Å². The number of piperazine rings is 1. The molecule has 1 aliphatic rings. The summed E-state index contributed by atoms with van der Waals surface area (Å²) in [5.74, 6) is 0. The first-order valence-corrected chi connectivity index (χ1v) is 5.99. The summed E-state index contributed by atoms with van der Waals surface area (Å²) in [6, 6.07) is 0.930. The molecule has 0 radical (unpaired) electrons. The van der Waals surface area contributed by atoms with Crippen LogP contribution in [0.15, 0.2) is 0 Å². The monoisotopic (exact) mass is 213 g/mol. The minimum Gasteiger partial charge on any atom is -0.326 e. The summed E-state index contributed by atoms with van der Waals surface area (Å²) in [5.41, 5.74) is 6.42. The molecular formula is C12H27N3.